The molecule has 1 amide bonds. The molecule has 1 fully saturated rings. The van der Waals surface area contributed by atoms with Crippen LogP contribution in [0.25, 0.3) is 33.3 Å². The first kappa shape index (κ1) is 22.5. The van der Waals surface area contributed by atoms with Gasteiger partial charge in [-0.1, -0.05) is 29.8 Å². The maximum absolute atomic E-state index is 13.3. The Kier molecular flexibility index (Phi) is 5.56. The second-order valence-corrected chi connectivity index (χ2v) is 9.50. The maximum atomic E-state index is 13.3. The zero-order valence-corrected chi connectivity index (χ0v) is 20.4. The molecule has 6 rings (SSSR count). The summed E-state index contributed by atoms with van der Waals surface area (Å²) in [5.74, 6) is 0.0141. The van der Waals surface area contributed by atoms with Crippen molar-refractivity contribution in [2.24, 2.45) is 0 Å². The molecule has 0 saturated carbocycles. The molecule has 9 nitrogen and oxygen atoms in total. The van der Waals surface area contributed by atoms with Gasteiger partial charge in [0.2, 0.25) is 5.91 Å². The van der Waals surface area contributed by atoms with Gasteiger partial charge in [-0.25, -0.2) is 19.7 Å². The van der Waals surface area contributed by atoms with E-state index in [0.29, 0.717) is 42.2 Å². The minimum Gasteiger partial charge on any atom is -0.341 e. The molecular formula is C26H24ClN7O2. The molecule has 0 aliphatic carbocycles. The number of hydrogen-bond donors (Lipinski definition) is 1. The van der Waals surface area contributed by atoms with Crippen molar-refractivity contribution >= 4 is 39.7 Å². The van der Waals surface area contributed by atoms with E-state index in [0.717, 1.165) is 27.7 Å². The monoisotopic (exact) mass is 501 g/mol. The van der Waals surface area contributed by atoms with Crippen LogP contribution in [-0.2, 0) is 11.3 Å². The summed E-state index contributed by atoms with van der Waals surface area (Å²) in [7, 11) is 0. The molecule has 1 aliphatic rings. The van der Waals surface area contributed by atoms with Gasteiger partial charge in [0.05, 0.1) is 11.2 Å². The first-order valence-corrected chi connectivity index (χ1v) is 12.3. The minimum absolute atomic E-state index is 0.0141. The number of likely N-dealkylation sites (tertiary alicyclic amines) is 1. The maximum Gasteiger partial charge on any atom is 0.327 e. The van der Waals surface area contributed by atoms with E-state index in [-0.39, 0.29) is 24.2 Å². The largest absolute Gasteiger partial charge is 0.341 e. The number of hydrogen-bond acceptors (Lipinski definition) is 5. The number of nitrogens with zero attached hydrogens (tertiary/aromatic N) is 6. The number of aromatic amines is 1. The van der Waals surface area contributed by atoms with Crippen molar-refractivity contribution in [3.63, 3.8) is 0 Å². The Morgan fingerprint density at radius 2 is 1.89 bits per heavy atom. The van der Waals surface area contributed by atoms with Crippen molar-refractivity contribution in [2.45, 2.75) is 32.4 Å². The van der Waals surface area contributed by atoms with E-state index < -0.39 is 0 Å². The molecule has 0 spiro atoms. The number of fused-ring (bicyclic) bond motifs is 2. The van der Waals surface area contributed by atoms with Crippen LogP contribution in [-0.4, -0.2) is 53.0 Å². The lowest BCUT2D eigenvalue weighted by Crippen LogP contribution is -2.41. The summed E-state index contributed by atoms with van der Waals surface area (Å²) in [6.07, 6.45) is 6.53. The van der Waals surface area contributed by atoms with E-state index in [1.54, 1.807) is 10.8 Å². The summed E-state index contributed by atoms with van der Waals surface area (Å²) < 4.78 is 3.66. The predicted molar refractivity (Wildman–Crippen MR) is 138 cm³/mol. The van der Waals surface area contributed by atoms with E-state index in [9.17, 15) is 9.59 Å². The molecule has 4 aromatic heterocycles. The Morgan fingerprint density at radius 1 is 1.08 bits per heavy atom. The number of aryl methyl sites for hydroxylation is 1. The van der Waals surface area contributed by atoms with Gasteiger partial charge in [0.1, 0.15) is 18.5 Å². The molecular weight excluding hydrogens is 478 g/mol. The van der Waals surface area contributed by atoms with Crippen molar-refractivity contribution in [3.05, 3.63) is 76.3 Å². The van der Waals surface area contributed by atoms with Crippen LogP contribution in [0.1, 0.15) is 24.6 Å². The van der Waals surface area contributed by atoms with Gasteiger partial charge in [0, 0.05) is 53.1 Å². The molecule has 1 saturated heterocycles. The smallest absolute Gasteiger partial charge is 0.327 e. The lowest BCUT2D eigenvalue weighted by molar-refractivity contribution is -0.133. The van der Waals surface area contributed by atoms with E-state index in [1.807, 2.05) is 59.0 Å². The fourth-order valence-corrected chi connectivity index (χ4v) is 5.46. The number of rotatable bonds is 4. The number of nitrogens with one attached hydrogen (secondary N) is 1. The zero-order chi connectivity index (χ0) is 24.8. The van der Waals surface area contributed by atoms with Crippen molar-refractivity contribution in [2.75, 3.05) is 13.1 Å². The van der Waals surface area contributed by atoms with Crippen LogP contribution in [0, 0.1) is 6.92 Å². The summed E-state index contributed by atoms with van der Waals surface area (Å²) in [4.78, 5) is 43.7. The number of aromatic nitrogens is 6. The Morgan fingerprint density at radius 3 is 2.69 bits per heavy atom. The molecule has 0 bridgehead atoms. The highest BCUT2D eigenvalue weighted by Gasteiger charge is 2.27. The van der Waals surface area contributed by atoms with E-state index in [4.69, 9.17) is 11.6 Å². The third kappa shape index (κ3) is 3.76. The molecule has 0 atom stereocenters. The SMILES string of the molecule is Cc1ncnc2c1c(-c1ccccc1Cl)cn2CC(=O)N1CCC(n2c(=O)[nH]c3ncccc32)CC1. The zero-order valence-electron chi connectivity index (χ0n) is 19.7. The highest BCUT2D eigenvalue weighted by atomic mass is 35.5. The number of carbonyl (C=O) groups is 1. The molecule has 182 valence electrons. The van der Waals surface area contributed by atoms with Gasteiger partial charge in [-0.3, -0.25) is 14.3 Å². The Labute approximate surface area is 211 Å². The van der Waals surface area contributed by atoms with Crippen LogP contribution in [0.15, 0.2) is 59.9 Å². The fourth-order valence-electron chi connectivity index (χ4n) is 5.22. The van der Waals surface area contributed by atoms with Gasteiger partial charge in [-0.15, -0.1) is 0 Å². The number of benzene rings is 1. The predicted octanol–water partition coefficient (Wildman–Crippen LogP) is 3.96. The normalized spacial score (nSPS) is 14.7. The fraction of sp³-hybridized carbons (Fsp3) is 0.269. The summed E-state index contributed by atoms with van der Waals surface area (Å²) in [6, 6.07) is 11.4. The van der Waals surface area contributed by atoms with Gasteiger partial charge in [-0.05, 0) is 38.0 Å². The number of imidazole rings is 1. The van der Waals surface area contributed by atoms with Crippen molar-refractivity contribution in [1.29, 1.82) is 0 Å². The van der Waals surface area contributed by atoms with Crippen molar-refractivity contribution < 1.29 is 4.79 Å². The van der Waals surface area contributed by atoms with Gasteiger partial charge < -0.3 is 9.47 Å². The van der Waals surface area contributed by atoms with E-state index >= 15 is 0 Å². The van der Waals surface area contributed by atoms with Crippen LogP contribution < -0.4 is 5.69 Å². The molecule has 5 heterocycles. The minimum atomic E-state index is -0.158. The van der Waals surface area contributed by atoms with Crippen LogP contribution >= 0.6 is 11.6 Å². The third-order valence-electron chi connectivity index (χ3n) is 6.99. The first-order valence-electron chi connectivity index (χ1n) is 11.9. The van der Waals surface area contributed by atoms with Crippen molar-refractivity contribution in [1.82, 2.24) is 34.0 Å². The second kappa shape index (κ2) is 8.91. The average Bonchev–Trinajstić information content (AvgIpc) is 3.42. The number of piperidine rings is 1. The molecule has 1 N–H and O–H groups in total. The molecule has 10 heteroatoms. The third-order valence-corrected chi connectivity index (χ3v) is 7.31. The summed E-state index contributed by atoms with van der Waals surface area (Å²) in [6.45, 7) is 3.25. The number of amides is 1. The topological polar surface area (TPSA) is 102 Å². The number of halogens is 1. The lowest BCUT2D eigenvalue weighted by atomic mass is 10.0. The Bertz CT molecular complexity index is 1660. The average molecular weight is 502 g/mol. The first-order chi connectivity index (χ1) is 17.5. The van der Waals surface area contributed by atoms with E-state index in [1.165, 1.54) is 6.33 Å². The van der Waals surface area contributed by atoms with Gasteiger partial charge in [0.15, 0.2) is 5.65 Å². The van der Waals surface area contributed by atoms with Crippen LogP contribution in [0.3, 0.4) is 0 Å². The van der Waals surface area contributed by atoms with Crippen molar-refractivity contribution in [3.8, 4) is 11.1 Å². The Balaban J connectivity index is 1.24. The summed E-state index contributed by atoms with van der Waals surface area (Å²) >= 11 is 6.50. The number of H-pyrrole nitrogens is 1. The van der Waals surface area contributed by atoms with Crippen LogP contribution in [0.5, 0.6) is 0 Å². The van der Waals surface area contributed by atoms with Gasteiger partial charge in [-0.2, -0.15) is 0 Å². The molecule has 0 radical (unpaired) electrons. The lowest BCUT2D eigenvalue weighted by Gasteiger charge is -2.32. The van der Waals surface area contributed by atoms with Gasteiger partial charge >= 0.3 is 5.69 Å². The Hall–Kier alpha value is -3.98. The quantitative estimate of drug-likeness (QED) is 0.401. The highest BCUT2D eigenvalue weighted by Crippen LogP contribution is 2.35. The van der Waals surface area contributed by atoms with Gasteiger partial charge in [0.25, 0.3) is 0 Å². The second-order valence-electron chi connectivity index (χ2n) is 9.09. The van der Waals surface area contributed by atoms with E-state index in [2.05, 4.69) is 19.9 Å². The number of pyridine rings is 1. The molecule has 1 aliphatic heterocycles. The summed E-state index contributed by atoms with van der Waals surface area (Å²) in [5.41, 5.74) is 4.56. The van der Waals surface area contributed by atoms with Crippen LogP contribution in [0.4, 0.5) is 0 Å². The van der Waals surface area contributed by atoms with Crippen LogP contribution in [0.2, 0.25) is 5.02 Å². The highest BCUT2D eigenvalue weighted by molar-refractivity contribution is 6.33. The molecule has 36 heavy (non-hydrogen) atoms. The molecule has 5 aromatic rings. The number of carbonyl (C=O) groups excluding carboxylic acids is 1. The molecule has 1 aromatic carbocycles. The summed E-state index contributed by atoms with van der Waals surface area (Å²) in [5, 5.41) is 1.53. The molecule has 0 unspecified atom stereocenters. The standard InChI is InChI=1S/C26H24ClN7O2/c1-16-23-19(18-5-2-3-6-20(18)27)13-33(25(23)30-15-29-16)14-22(35)32-11-8-17(9-12-32)34-21-7-4-10-28-24(21)31-26(34)36/h2-7,10,13,15,17H,8-9,11-12,14H2,1H3,(H,28,31,36).